The molecular formula is C22H32F3N5O5S. The summed E-state index contributed by atoms with van der Waals surface area (Å²) in [6.45, 7) is 5.93. The number of carbonyl (C=O) groups is 1. The summed E-state index contributed by atoms with van der Waals surface area (Å²) in [7, 11) is 4.90. The Morgan fingerprint density at radius 3 is 2.47 bits per heavy atom. The maximum Gasteiger partial charge on any atom is 0.412 e. The van der Waals surface area contributed by atoms with E-state index >= 15 is 0 Å². The van der Waals surface area contributed by atoms with Gasteiger partial charge in [-0.15, -0.1) is 11.3 Å². The largest absolute Gasteiger partial charge is 0.412 e. The summed E-state index contributed by atoms with van der Waals surface area (Å²) in [5.41, 5.74) is -3.64. The van der Waals surface area contributed by atoms with E-state index < -0.39 is 23.0 Å². The molecule has 1 aliphatic rings. The average Bonchev–Trinajstić information content (AvgIpc) is 3.57. The lowest BCUT2D eigenvalue weighted by atomic mass is 10.2. The highest BCUT2D eigenvalue weighted by atomic mass is 32.1. The summed E-state index contributed by atoms with van der Waals surface area (Å²) in [4.78, 5) is 41.7. The van der Waals surface area contributed by atoms with Gasteiger partial charge in [-0.05, 0) is 32.4 Å². The first kappa shape index (κ1) is 29.7. The Kier molecular flexibility index (Phi) is 10.4. The second kappa shape index (κ2) is 12.6. The lowest BCUT2D eigenvalue weighted by Gasteiger charge is -2.22. The molecule has 0 unspecified atom stereocenters. The number of methoxy groups -OCH3 is 2. The van der Waals surface area contributed by atoms with Crippen molar-refractivity contribution in [3.63, 3.8) is 0 Å². The van der Waals surface area contributed by atoms with Gasteiger partial charge in [0.25, 0.3) is 5.56 Å². The maximum atomic E-state index is 13.9. The van der Waals surface area contributed by atoms with E-state index in [1.807, 2.05) is 18.7 Å². The zero-order chi connectivity index (χ0) is 27.1. The lowest BCUT2D eigenvalue weighted by Crippen LogP contribution is -2.51. The predicted octanol–water partition coefficient (Wildman–Crippen LogP) is 1.70. The van der Waals surface area contributed by atoms with E-state index in [2.05, 4.69) is 10.3 Å². The number of halogens is 3. The van der Waals surface area contributed by atoms with Gasteiger partial charge < -0.3 is 19.6 Å². The monoisotopic (exact) mass is 535 g/mol. The lowest BCUT2D eigenvalue weighted by molar-refractivity contribution is -0.181. The molecule has 1 saturated carbocycles. The number of thiophene rings is 1. The molecule has 0 aliphatic heterocycles. The van der Waals surface area contributed by atoms with Crippen LogP contribution in [-0.4, -0.2) is 81.0 Å². The number of aliphatic imine (C=N–C) groups is 1. The van der Waals surface area contributed by atoms with Crippen molar-refractivity contribution >= 4 is 34.7 Å². The van der Waals surface area contributed by atoms with Gasteiger partial charge in [0.1, 0.15) is 23.9 Å². The Morgan fingerprint density at radius 1 is 1.25 bits per heavy atom. The number of alkyl halides is 3. The van der Waals surface area contributed by atoms with Gasteiger partial charge in [-0.3, -0.25) is 14.3 Å². The molecule has 0 radical (unpaired) electrons. The molecule has 0 aromatic carbocycles. The standard InChI is InChI=1S/C21H30F3N5O4S.CH2O/c1-14-15(11-27(2)8-7-25-12-26-13-33-4)34-18-16(14)17(30)29(19(31)28(18)9-10-32-3)20(5-6-20)21(22,23)24;1-2/h12H,5-11,13H2,1-4H3,(H,25,26);1H2. The zero-order valence-electron chi connectivity index (χ0n) is 20.8. The third kappa shape index (κ3) is 6.05. The van der Waals surface area contributed by atoms with Gasteiger partial charge in [0, 0.05) is 38.7 Å². The molecule has 2 heterocycles. The zero-order valence-corrected chi connectivity index (χ0v) is 21.6. The molecule has 0 spiro atoms. The van der Waals surface area contributed by atoms with Crippen LogP contribution in [-0.2, 0) is 32.9 Å². The van der Waals surface area contributed by atoms with Crippen molar-refractivity contribution in [2.75, 3.05) is 47.7 Å². The van der Waals surface area contributed by atoms with E-state index in [1.165, 1.54) is 23.0 Å². The van der Waals surface area contributed by atoms with Gasteiger partial charge in [0.05, 0.1) is 24.9 Å². The van der Waals surface area contributed by atoms with Crippen molar-refractivity contribution in [1.29, 1.82) is 0 Å². The van der Waals surface area contributed by atoms with E-state index in [-0.39, 0.29) is 38.1 Å². The van der Waals surface area contributed by atoms with Gasteiger partial charge in [0.2, 0.25) is 0 Å². The number of hydrogen-bond donors (Lipinski definition) is 1. The molecule has 0 saturated heterocycles. The van der Waals surface area contributed by atoms with E-state index in [1.54, 1.807) is 20.4 Å². The van der Waals surface area contributed by atoms with E-state index in [4.69, 9.17) is 14.3 Å². The van der Waals surface area contributed by atoms with Gasteiger partial charge >= 0.3 is 11.9 Å². The second-order valence-corrected chi connectivity index (χ2v) is 9.43. The highest BCUT2D eigenvalue weighted by Gasteiger charge is 2.66. The van der Waals surface area contributed by atoms with Crippen molar-refractivity contribution in [2.24, 2.45) is 4.99 Å². The minimum Gasteiger partial charge on any atom is -0.383 e. The first-order valence-corrected chi connectivity index (χ1v) is 11.9. The van der Waals surface area contributed by atoms with Gasteiger partial charge in [-0.1, -0.05) is 0 Å². The number of rotatable bonds is 12. The van der Waals surface area contributed by atoms with Crippen molar-refractivity contribution in [2.45, 2.75) is 44.6 Å². The Balaban J connectivity index is 0.00000222. The van der Waals surface area contributed by atoms with Crippen LogP contribution >= 0.6 is 11.3 Å². The molecule has 0 bridgehead atoms. The van der Waals surface area contributed by atoms with E-state index in [0.29, 0.717) is 34.6 Å². The smallest absolute Gasteiger partial charge is 0.383 e. The van der Waals surface area contributed by atoms with Crippen LogP contribution in [0.4, 0.5) is 13.2 Å². The Hall–Kier alpha value is -2.55. The van der Waals surface area contributed by atoms with Crippen LogP contribution in [0.25, 0.3) is 10.2 Å². The van der Waals surface area contributed by atoms with E-state index in [0.717, 1.165) is 4.88 Å². The van der Waals surface area contributed by atoms with Crippen molar-refractivity contribution in [3.8, 4) is 0 Å². The quantitative estimate of drug-likeness (QED) is 0.251. The molecule has 1 fully saturated rings. The average molecular weight is 536 g/mol. The number of aromatic nitrogens is 2. The highest BCUT2D eigenvalue weighted by Crippen LogP contribution is 2.54. The normalized spacial score (nSPS) is 14.9. The van der Waals surface area contributed by atoms with Crippen LogP contribution in [0.3, 0.4) is 0 Å². The molecule has 2 aromatic rings. The molecular weight excluding hydrogens is 503 g/mol. The number of nitrogens with one attached hydrogen (secondary N) is 1. The number of likely N-dealkylation sites (N-methyl/N-ethyl adjacent to an activating group) is 1. The van der Waals surface area contributed by atoms with Crippen LogP contribution in [0, 0.1) is 6.92 Å². The molecule has 36 heavy (non-hydrogen) atoms. The molecule has 202 valence electrons. The molecule has 2 aromatic heterocycles. The summed E-state index contributed by atoms with van der Waals surface area (Å²) in [6, 6.07) is 0. The number of carbonyl (C=O) groups excluding carboxylic acids is 1. The topological polar surface area (TPSA) is 107 Å². The fraction of sp³-hybridized carbons (Fsp3) is 0.636. The summed E-state index contributed by atoms with van der Waals surface area (Å²) in [6.07, 6.45) is -3.68. The third-order valence-corrected chi connectivity index (χ3v) is 7.25. The van der Waals surface area contributed by atoms with Gasteiger partial charge in [-0.2, -0.15) is 13.2 Å². The minimum atomic E-state index is -4.69. The number of ether oxygens (including phenoxy) is 2. The summed E-state index contributed by atoms with van der Waals surface area (Å²) in [5.74, 6) is 0. The number of aryl methyl sites for hydroxylation is 1. The Bertz CT molecular complexity index is 1170. The molecule has 0 amide bonds. The molecule has 0 atom stereocenters. The van der Waals surface area contributed by atoms with Crippen LogP contribution in [0.15, 0.2) is 14.6 Å². The van der Waals surface area contributed by atoms with E-state index in [9.17, 15) is 22.8 Å². The van der Waals surface area contributed by atoms with Gasteiger partial charge in [0.15, 0.2) is 0 Å². The van der Waals surface area contributed by atoms with Crippen molar-refractivity contribution in [3.05, 3.63) is 31.3 Å². The predicted molar refractivity (Wildman–Crippen MR) is 132 cm³/mol. The van der Waals surface area contributed by atoms with Crippen LogP contribution in [0.5, 0.6) is 0 Å². The van der Waals surface area contributed by atoms with Crippen LogP contribution < -0.4 is 16.6 Å². The molecule has 3 rings (SSSR count). The van der Waals surface area contributed by atoms with Crippen LogP contribution in [0.2, 0.25) is 0 Å². The highest BCUT2D eigenvalue weighted by molar-refractivity contribution is 7.18. The first-order chi connectivity index (χ1) is 17.1. The van der Waals surface area contributed by atoms with Crippen LogP contribution in [0.1, 0.15) is 23.3 Å². The fourth-order valence-electron chi connectivity index (χ4n) is 3.87. The van der Waals surface area contributed by atoms with Gasteiger partial charge in [-0.25, -0.2) is 14.4 Å². The Labute approximate surface area is 210 Å². The maximum absolute atomic E-state index is 13.9. The molecule has 14 heteroatoms. The molecule has 10 nitrogen and oxygen atoms in total. The number of nitrogens with zero attached hydrogens (tertiary/aromatic N) is 4. The second-order valence-electron chi connectivity index (χ2n) is 8.35. The summed E-state index contributed by atoms with van der Waals surface area (Å²) in [5, 5.41) is 3.21. The fourth-order valence-corrected chi connectivity index (χ4v) is 5.27. The summed E-state index contributed by atoms with van der Waals surface area (Å²) >= 11 is 1.26. The minimum absolute atomic E-state index is 0.0556. The Morgan fingerprint density at radius 2 is 1.92 bits per heavy atom. The van der Waals surface area contributed by atoms with Crippen molar-refractivity contribution < 1.29 is 27.4 Å². The molecule has 1 aliphatic carbocycles. The number of fused-ring (bicyclic) bond motifs is 1. The summed E-state index contributed by atoms with van der Waals surface area (Å²) < 4.78 is 53.2. The molecule has 1 N–H and O–H groups in total. The first-order valence-electron chi connectivity index (χ1n) is 11.1. The SMILES string of the molecule is C=O.COCCn1c(=O)n(C2(C(F)(F)F)CC2)c(=O)c2c(C)c(CN(C)CCN/C=N\COC)sc21. The third-order valence-electron chi connectivity index (χ3n) is 5.95. The number of hydrogen-bond acceptors (Lipinski definition) is 8. The van der Waals surface area contributed by atoms with Crippen molar-refractivity contribution in [1.82, 2.24) is 19.4 Å².